The first-order chi connectivity index (χ1) is 6.29. The van der Waals surface area contributed by atoms with Crippen LogP contribution in [0, 0.1) is 0 Å². The van der Waals surface area contributed by atoms with E-state index < -0.39 is 0 Å². The van der Waals surface area contributed by atoms with Crippen LogP contribution in [0.5, 0.6) is 5.75 Å². The second kappa shape index (κ2) is 7.31. The highest BCUT2D eigenvalue weighted by molar-refractivity contribution is 5.18. The minimum Gasteiger partial charge on any atom is -0.508 e. The van der Waals surface area contributed by atoms with Gasteiger partial charge in [0.05, 0.1) is 12.7 Å². The van der Waals surface area contributed by atoms with Crippen molar-refractivity contribution in [3.63, 3.8) is 0 Å². The molecule has 1 aromatic rings. The van der Waals surface area contributed by atoms with E-state index in [0.29, 0.717) is 11.9 Å². The summed E-state index contributed by atoms with van der Waals surface area (Å²) in [5, 5.41) is 8.63. The first-order valence-electron chi connectivity index (χ1n) is 3.93. The molecular weight excluding hydrogens is 168 g/mol. The van der Waals surface area contributed by atoms with E-state index in [0.717, 1.165) is 6.61 Å². The van der Waals surface area contributed by atoms with E-state index in [1.54, 1.807) is 24.3 Å². The van der Waals surface area contributed by atoms with Gasteiger partial charge < -0.3 is 14.6 Å². The Bertz CT molecular complexity index is 207. The van der Waals surface area contributed by atoms with Crippen molar-refractivity contribution in [2.75, 3.05) is 6.61 Å². The zero-order valence-corrected chi connectivity index (χ0v) is 7.64. The minimum atomic E-state index is 0.322. The normalized spacial score (nSPS) is 17.2. The van der Waals surface area contributed by atoms with E-state index in [9.17, 15) is 0 Å². The molecule has 1 N–H and O–H groups in total. The van der Waals surface area contributed by atoms with Crippen molar-refractivity contribution in [1.82, 2.24) is 0 Å². The fraction of sp³-hybridized carbons (Fsp3) is 0.300. The van der Waals surface area contributed by atoms with Gasteiger partial charge in [-0.25, -0.2) is 0 Å². The lowest BCUT2D eigenvalue weighted by Gasteiger charge is -1.82. The zero-order valence-electron chi connectivity index (χ0n) is 7.64. The van der Waals surface area contributed by atoms with Crippen LogP contribution in [0.15, 0.2) is 30.3 Å². The number of epoxide rings is 1. The van der Waals surface area contributed by atoms with Crippen molar-refractivity contribution in [3.8, 4) is 5.75 Å². The summed E-state index contributed by atoms with van der Waals surface area (Å²) < 4.78 is 4.71. The predicted molar refractivity (Wildman–Crippen MR) is 50.6 cm³/mol. The summed E-state index contributed by atoms with van der Waals surface area (Å²) >= 11 is 0. The molecule has 2 rings (SSSR count). The molecule has 1 fully saturated rings. The molecule has 0 saturated carbocycles. The topological polar surface area (TPSA) is 49.8 Å². The molecule has 72 valence electrons. The number of hydrogen-bond donors (Lipinski definition) is 1. The molecule has 0 aromatic heterocycles. The first kappa shape index (κ1) is 11.6. The number of aromatic hydroxyl groups is 1. The molecular formula is C10H14O3. The predicted octanol–water partition coefficient (Wildman–Crippen LogP) is 1.61. The Morgan fingerprint density at radius 3 is 1.92 bits per heavy atom. The smallest absolute Gasteiger partial charge is 0.115 e. The van der Waals surface area contributed by atoms with Crippen LogP contribution in [0.4, 0.5) is 0 Å². The lowest BCUT2D eigenvalue weighted by atomic mass is 10.3. The molecule has 1 atom stereocenters. The van der Waals surface area contributed by atoms with Crippen molar-refractivity contribution >= 4 is 6.79 Å². The maximum absolute atomic E-state index is 8.63. The van der Waals surface area contributed by atoms with E-state index in [2.05, 4.69) is 6.92 Å². The maximum atomic E-state index is 8.63. The molecule has 0 radical (unpaired) electrons. The van der Waals surface area contributed by atoms with Gasteiger partial charge in [0, 0.05) is 0 Å². The van der Waals surface area contributed by atoms with Gasteiger partial charge in [0.25, 0.3) is 0 Å². The molecule has 1 heterocycles. The summed E-state index contributed by atoms with van der Waals surface area (Å²) in [5.41, 5.74) is 0. The third-order valence-electron chi connectivity index (χ3n) is 1.26. The molecule has 0 aliphatic carbocycles. The lowest BCUT2D eigenvalue weighted by Crippen LogP contribution is -1.60. The Hall–Kier alpha value is -1.35. The maximum Gasteiger partial charge on any atom is 0.115 e. The summed E-state index contributed by atoms with van der Waals surface area (Å²) in [5.74, 6) is 0.322. The standard InChI is InChI=1S/C6H6O.C3H6O.CH2O/c7-6-4-2-1-3-5-6;1-3-2-4-3;1-2/h1-5,7H;3H,2H2,1H3;1H2. The van der Waals surface area contributed by atoms with Crippen molar-refractivity contribution in [3.05, 3.63) is 30.3 Å². The van der Waals surface area contributed by atoms with Crippen LogP contribution >= 0.6 is 0 Å². The van der Waals surface area contributed by atoms with Gasteiger partial charge in [-0.2, -0.15) is 0 Å². The van der Waals surface area contributed by atoms with Crippen molar-refractivity contribution < 1.29 is 14.6 Å². The Labute approximate surface area is 78.0 Å². The fourth-order valence-electron chi connectivity index (χ4n) is 0.524. The number of carbonyl (C=O) groups is 1. The van der Waals surface area contributed by atoms with Gasteiger partial charge >= 0.3 is 0 Å². The third-order valence-corrected chi connectivity index (χ3v) is 1.26. The summed E-state index contributed by atoms with van der Waals surface area (Å²) in [6.45, 7) is 5.04. The van der Waals surface area contributed by atoms with Gasteiger partial charge in [-0.1, -0.05) is 18.2 Å². The third kappa shape index (κ3) is 8.56. The number of phenols is 1. The number of carbonyl (C=O) groups excluding carboxylic acids is 1. The Balaban J connectivity index is 0.000000204. The number of ether oxygens (including phenoxy) is 1. The van der Waals surface area contributed by atoms with Crippen LogP contribution in [0.3, 0.4) is 0 Å². The lowest BCUT2D eigenvalue weighted by molar-refractivity contribution is -0.0979. The van der Waals surface area contributed by atoms with Crippen LogP contribution in [-0.2, 0) is 9.53 Å². The fourth-order valence-corrected chi connectivity index (χ4v) is 0.524. The monoisotopic (exact) mass is 182 g/mol. The molecule has 1 saturated heterocycles. The molecule has 3 nitrogen and oxygen atoms in total. The zero-order chi connectivity index (χ0) is 10.1. The van der Waals surface area contributed by atoms with Gasteiger partial charge in [-0.3, -0.25) is 0 Å². The van der Waals surface area contributed by atoms with Gasteiger partial charge in [0.2, 0.25) is 0 Å². The van der Waals surface area contributed by atoms with Crippen molar-refractivity contribution in [2.45, 2.75) is 13.0 Å². The number of phenolic OH excluding ortho intramolecular Hbond substituents is 1. The second-order valence-corrected chi connectivity index (χ2v) is 2.48. The summed E-state index contributed by atoms with van der Waals surface area (Å²) in [4.78, 5) is 8.00. The van der Waals surface area contributed by atoms with E-state index in [4.69, 9.17) is 14.6 Å². The highest BCUT2D eigenvalue weighted by Gasteiger charge is 2.13. The Morgan fingerprint density at radius 1 is 1.38 bits per heavy atom. The van der Waals surface area contributed by atoms with Crippen LogP contribution in [0.25, 0.3) is 0 Å². The number of benzene rings is 1. The average molecular weight is 182 g/mol. The average Bonchev–Trinajstić information content (AvgIpc) is 2.94. The molecule has 1 aliphatic heterocycles. The van der Waals surface area contributed by atoms with Crippen LogP contribution < -0.4 is 0 Å². The highest BCUT2D eigenvalue weighted by atomic mass is 16.6. The SMILES string of the molecule is C=O.CC1CO1.Oc1ccccc1. The molecule has 1 unspecified atom stereocenters. The van der Waals surface area contributed by atoms with Crippen molar-refractivity contribution in [2.24, 2.45) is 0 Å². The van der Waals surface area contributed by atoms with Crippen LogP contribution in [0.2, 0.25) is 0 Å². The van der Waals surface area contributed by atoms with E-state index >= 15 is 0 Å². The van der Waals surface area contributed by atoms with Gasteiger partial charge in [-0.05, 0) is 19.1 Å². The van der Waals surface area contributed by atoms with Gasteiger partial charge in [0.1, 0.15) is 12.5 Å². The summed E-state index contributed by atoms with van der Waals surface area (Å²) in [6.07, 6.45) is 0.583. The first-order valence-corrected chi connectivity index (χ1v) is 3.93. The molecule has 0 amide bonds. The van der Waals surface area contributed by atoms with Gasteiger partial charge in [0.15, 0.2) is 0 Å². The molecule has 13 heavy (non-hydrogen) atoms. The Kier molecular flexibility index (Phi) is 6.55. The molecule has 0 spiro atoms. The van der Waals surface area contributed by atoms with Crippen LogP contribution in [-0.4, -0.2) is 24.6 Å². The molecule has 1 aliphatic rings. The van der Waals surface area contributed by atoms with Gasteiger partial charge in [-0.15, -0.1) is 0 Å². The summed E-state index contributed by atoms with van der Waals surface area (Å²) in [6, 6.07) is 8.71. The van der Waals surface area contributed by atoms with Crippen LogP contribution in [0.1, 0.15) is 6.92 Å². The Morgan fingerprint density at radius 2 is 1.77 bits per heavy atom. The van der Waals surface area contributed by atoms with Crippen molar-refractivity contribution in [1.29, 1.82) is 0 Å². The summed E-state index contributed by atoms with van der Waals surface area (Å²) in [7, 11) is 0. The molecule has 0 bridgehead atoms. The molecule has 1 aromatic carbocycles. The minimum absolute atomic E-state index is 0.322. The second-order valence-electron chi connectivity index (χ2n) is 2.48. The number of para-hydroxylation sites is 1. The largest absolute Gasteiger partial charge is 0.508 e. The quantitative estimate of drug-likeness (QED) is 0.620. The number of rotatable bonds is 0. The van der Waals surface area contributed by atoms with E-state index in [1.165, 1.54) is 0 Å². The van der Waals surface area contributed by atoms with E-state index in [1.807, 2.05) is 12.9 Å². The molecule has 3 heteroatoms. The van der Waals surface area contributed by atoms with E-state index in [-0.39, 0.29) is 0 Å². The number of hydrogen-bond acceptors (Lipinski definition) is 3. The highest BCUT2D eigenvalue weighted by Crippen LogP contribution is 2.04.